The Morgan fingerprint density at radius 1 is 1.62 bits per heavy atom. The first-order chi connectivity index (χ1) is 7.79. The molecule has 1 aromatic rings. The Hall–Kier alpha value is -1.16. The van der Waals surface area contributed by atoms with Gasteiger partial charge < -0.3 is 4.74 Å². The van der Waals surface area contributed by atoms with E-state index in [4.69, 9.17) is 4.74 Å². The fourth-order valence-corrected chi connectivity index (χ4v) is 2.90. The molecule has 0 saturated carbocycles. The van der Waals surface area contributed by atoms with Gasteiger partial charge in [-0.25, -0.2) is 0 Å². The van der Waals surface area contributed by atoms with Crippen LogP contribution in [0.15, 0.2) is 12.3 Å². The SMILES string of the molecule is CCn1nccc1C(=O)C1CC2CCC1O2. The molecule has 2 bridgehead atoms. The third-order valence-corrected chi connectivity index (χ3v) is 3.71. The van der Waals surface area contributed by atoms with Crippen LogP contribution in [-0.2, 0) is 11.3 Å². The number of rotatable bonds is 3. The summed E-state index contributed by atoms with van der Waals surface area (Å²) in [5, 5.41) is 4.14. The van der Waals surface area contributed by atoms with Crippen molar-refractivity contribution >= 4 is 5.78 Å². The molecule has 0 N–H and O–H groups in total. The van der Waals surface area contributed by atoms with Crippen LogP contribution < -0.4 is 0 Å². The fourth-order valence-electron chi connectivity index (χ4n) is 2.90. The highest BCUT2D eigenvalue weighted by atomic mass is 16.5. The minimum absolute atomic E-state index is 0.0701. The molecule has 3 atom stereocenters. The first-order valence-corrected chi connectivity index (χ1v) is 6.01. The van der Waals surface area contributed by atoms with Gasteiger partial charge in [-0.1, -0.05) is 0 Å². The van der Waals surface area contributed by atoms with Crippen LogP contribution in [0.4, 0.5) is 0 Å². The van der Waals surface area contributed by atoms with Gasteiger partial charge in [0.2, 0.25) is 0 Å². The van der Waals surface area contributed by atoms with Crippen molar-refractivity contribution in [3.05, 3.63) is 18.0 Å². The third kappa shape index (κ3) is 1.40. The van der Waals surface area contributed by atoms with Crippen LogP contribution in [0.5, 0.6) is 0 Å². The summed E-state index contributed by atoms with van der Waals surface area (Å²) in [5.41, 5.74) is 0.739. The summed E-state index contributed by atoms with van der Waals surface area (Å²) in [5.74, 6) is 0.285. The molecule has 16 heavy (non-hydrogen) atoms. The van der Waals surface area contributed by atoms with Crippen molar-refractivity contribution in [2.24, 2.45) is 5.92 Å². The topological polar surface area (TPSA) is 44.1 Å². The van der Waals surface area contributed by atoms with Gasteiger partial charge in [-0.15, -0.1) is 0 Å². The van der Waals surface area contributed by atoms with Crippen molar-refractivity contribution in [2.75, 3.05) is 0 Å². The van der Waals surface area contributed by atoms with Crippen LogP contribution in [0.25, 0.3) is 0 Å². The lowest BCUT2D eigenvalue weighted by atomic mass is 9.85. The highest BCUT2D eigenvalue weighted by molar-refractivity contribution is 5.97. The van der Waals surface area contributed by atoms with Gasteiger partial charge in [0.15, 0.2) is 5.78 Å². The minimum atomic E-state index is 0.0701. The standard InChI is InChI=1S/C12H16N2O2/c1-2-14-10(5-6-13-14)12(15)9-7-8-3-4-11(9)16-8/h5-6,8-9,11H,2-4,7H2,1H3. The van der Waals surface area contributed by atoms with E-state index in [0.717, 1.165) is 31.5 Å². The second-order valence-electron chi connectivity index (χ2n) is 4.61. The fraction of sp³-hybridized carbons (Fsp3) is 0.667. The molecule has 86 valence electrons. The van der Waals surface area contributed by atoms with Gasteiger partial charge in [0.1, 0.15) is 5.69 Å². The number of hydrogen-bond acceptors (Lipinski definition) is 3. The molecule has 4 heteroatoms. The average Bonchev–Trinajstić information content (AvgIpc) is 3.02. The van der Waals surface area contributed by atoms with Crippen LogP contribution >= 0.6 is 0 Å². The molecule has 0 aromatic carbocycles. The second kappa shape index (κ2) is 3.70. The predicted molar refractivity (Wildman–Crippen MR) is 58.2 cm³/mol. The van der Waals surface area contributed by atoms with Gasteiger partial charge in [0.25, 0.3) is 0 Å². The molecule has 4 nitrogen and oxygen atoms in total. The van der Waals surface area contributed by atoms with Crippen LogP contribution in [0.2, 0.25) is 0 Å². The van der Waals surface area contributed by atoms with Crippen molar-refractivity contribution in [1.29, 1.82) is 0 Å². The molecular formula is C12H16N2O2. The molecule has 3 unspecified atom stereocenters. The Kier molecular flexibility index (Phi) is 2.32. The Balaban J connectivity index is 1.83. The zero-order chi connectivity index (χ0) is 11.1. The molecule has 3 rings (SSSR count). The van der Waals surface area contributed by atoms with Crippen LogP contribution in [0.1, 0.15) is 36.7 Å². The molecule has 3 heterocycles. The molecule has 0 spiro atoms. The van der Waals surface area contributed by atoms with E-state index in [1.54, 1.807) is 10.9 Å². The van der Waals surface area contributed by atoms with E-state index < -0.39 is 0 Å². The highest BCUT2D eigenvalue weighted by Gasteiger charge is 2.45. The molecule has 0 aliphatic carbocycles. The Bertz CT molecular complexity index is 413. The van der Waals surface area contributed by atoms with Gasteiger partial charge >= 0.3 is 0 Å². The van der Waals surface area contributed by atoms with Crippen LogP contribution in [0, 0.1) is 5.92 Å². The largest absolute Gasteiger partial charge is 0.374 e. The lowest BCUT2D eigenvalue weighted by Gasteiger charge is -2.17. The second-order valence-corrected chi connectivity index (χ2v) is 4.61. The minimum Gasteiger partial charge on any atom is -0.374 e. The summed E-state index contributed by atoms with van der Waals surface area (Å²) in [6, 6.07) is 1.82. The number of carbonyl (C=O) groups is 1. The monoisotopic (exact) mass is 220 g/mol. The summed E-state index contributed by atoms with van der Waals surface area (Å²) >= 11 is 0. The third-order valence-electron chi connectivity index (χ3n) is 3.71. The van der Waals surface area contributed by atoms with Gasteiger partial charge in [0.05, 0.1) is 18.1 Å². The van der Waals surface area contributed by atoms with E-state index >= 15 is 0 Å². The van der Waals surface area contributed by atoms with Gasteiger partial charge in [0, 0.05) is 12.7 Å². The summed E-state index contributed by atoms with van der Waals surface area (Å²) in [4.78, 5) is 12.3. The molecule has 1 aromatic heterocycles. The highest BCUT2D eigenvalue weighted by Crippen LogP contribution is 2.40. The van der Waals surface area contributed by atoms with Crippen LogP contribution in [-0.4, -0.2) is 27.8 Å². The van der Waals surface area contributed by atoms with Crippen molar-refractivity contribution in [3.63, 3.8) is 0 Å². The lowest BCUT2D eigenvalue weighted by molar-refractivity contribution is 0.0735. The number of Topliss-reactive ketones (excluding diaryl/α,β-unsaturated/α-hetero) is 1. The number of hydrogen-bond donors (Lipinski definition) is 0. The maximum Gasteiger partial charge on any atom is 0.186 e. The molecule has 2 saturated heterocycles. The Labute approximate surface area is 94.6 Å². The summed E-state index contributed by atoms with van der Waals surface area (Å²) in [6.45, 7) is 2.75. The average molecular weight is 220 g/mol. The maximum atomic E-state index is 12.3. The first-order valence-electron chi connectivity index (χ1n) is 6.01. The quantitative estimate of drug-likeness (QED) is 0.727. The van der Waals surface area contributed by atoms with Crippen molar-refractivity contribution in [1.82, 2.24) is 9.78 Å². The predicted octanol–water partition coefficient (Wildman–Crippen LogP) is 1.65. The number of ketones is 1. The van der Waals surface area contributed by atoms with Gasteiger partial charge in [-0.3, -0.25) is 9.48 Å². The zero-order valence-corrected chi connectivity index (χ0v) is 9.43. The number of nitrogens with zero attached hydrogens (tertiary/aromatic N) is 2. The van der Waals surface area contributed by atoms with E-state index in [9.17, 15) is 4.79 Å². The first kappa shape index (κ1) is 10.0. The van der Waals surface area contributed by atoms with Crippen molar-refractivity contribution in [3.8, 4) is 0 Å². The number of carbonyl (C=O) groups excluding carboxylic acids is 1. The van der Waals surface area contributed by atoms with Crippen LogP contribution in [0.3, 0.4) is 0 Å². The summed E-state index contributed by atoms with van der Waals surface area (Å²) in [6.07, 6.45) is 5.26. The zero-order valence-electron chi connectivity index (χ0n) is 9.43. The van der Waals surface area contributed by atoms with Crippen molar-refractivity contribution < 1.29 is 9.53 Å². The van der Waals surface area contributed by atoms with E-state index in [1.807, 2.05) is 13.0 Å². The molecule has 2 fully saturated rings. The number of aromatic nitrogens is 2. The Morgan fingerprint density at radius 3 is 3.12 bits per heavy atom. The van der Waals surface area contributed by atoms with E-state index in [0.29, 0.717) is 6.10 Å². The lowest BCUT2D eigenvalue weighted by Crippen LogP contribution is -2.27. The van der Waals surface area contributed by atoms with E-state index in [1.165, 1.54) is 0 Å². The molecule has 0 amide bonds. The Morgan fingerprint density at radius 2 is 2.50 bits per heavy atom. The van der Waals surface area contributed by atoms with E-state index in [-0.39, 0.29) is 17.8 Å². The molecular weight excluding hydrogens is 204 g/mol. The normalized spacial score (nSPS) is 32.2. The molecule has 2 aliphatic heterocycles. The number of ether oxygens (including phenoxy) is 1. The van der Waals surface area contributed by atoms with Crippen molar-refractivity contribution in [2.45, 2.75) is 44.9 Å². The molecule has 0 radical (unpaired) electrons. The number of aryl methyl sites for hydroxylation is 1. The number of fused-ring (bicyclic) bond motifs is 2. The van der Waals surface area contributed by atoms with Gasteiger partial charge in [-0.05, 0) is 32.3 Å². The summed E-state index contributed by atoms with van der Waals surface area (Å²) < 4.78 is 7.50. The summed E-state index contributed by atoms with van der Waals surface area (Å²) in [7, 11) is 0. The van der Waals surface area contributed by atoms with E-state index in [2.05, 4.69) is 5.10 Å². The smallest absolute Gasteiger partial charge is 0.186 e. The molecule has 2 aliphatic rings. The maximum absolute atomic E-state index is 12.3. The van der Waals surface area contributed by atoms with Gasteiger partial charge in [-0.2, -0.15) is 5.10 Å².